The molecule has 0 fully saturated rings. The summed E-state index contributed by atoms with van der Waals surface area (Å²) < 4.78 is 2.12. The highest BCUT2D eigenvalue weighted by Gasteiger charge is 2.25. The third-order valence-electron chi connectivity index (χ3n) is 6.48. The Balaban J connectivity index is 1.15. The second-order valence-electron chi connectivity index (χ2n) is 8.74. The number of nitrogens with zero attached hydrogens (tertiary/aromatic N) is 3. The number of amides is 2. The van der Waals surface area contributed by atoms with Gasteiger partial charge in [0.25, 0.3) is 0 Å². The minimum Gasteiger partial charge on any atom is -0.366 e. The summed E-state index contributed by atoms with van der Waals surface area (Å²) in [6.45, 7) is 1.31. The third kappa shape index (κ3) is 3.73. The average molecular weight is 448 g/mol. The number of carbonyl (C=O) groups excluding carboxylic acids is 1. The number of nitrogens with one attached hydrogen (secondary N) is 2. The van der Waals surface area contributed by atoms with Crippen LogP contribution in [0.2, 0.25) is 0 Å². The van der Waals surface area contributed by atoms with Gasteiger partial charge in [-0.15, -0.1) is 0 Å². The molecule has 6 heteroatoms. The summed E-state index contributed by atoms with van der Waals surface area (Å²) >= 11 is 0. The van der Waals surface area contributed by atoms with Gasteiger partial charge in [-0.25, -0.2) is 9.78 Å². The van der Waals surface area contributed by atoms with E-state index in [0.29, 0.717) is 13.1 Å². The number of carbonyl (C=O) groups is 1. The van der Waals surface area contributed by atoms with Crippen molar-refractivity contribution in [3.8, 4) is 0 Å². The maximum Gasteiger partial charge on any atom is 0.326 e. The van der Waals surface area contributed by atoms with Crippen molar-refractivity contribution in [1.29, 1.82) is 0 Å². The van der Waals surface area contributed by atoms with E-state index in [2.05, 4.69) is 56.7 Å². The Morgan fingerprint density at radius 3 is 2.82 bits per heavy atom. The third-order valence-corrected chi connectivity index (χ3v) is 6.48. The lowest BCUT2D eigenvalue weighted by atomic mass is 10.1. The van der Waals surface area contributed by atoms with Gasteiger partial charge in [-0.1, -0.05) is 30.3 Å². The smallest absolute Gasteiger partial charge is 0.326 e. The number of hydrogen-bond donors (Lipinski definition) is 2. The molecule has 0 aliphatic carbocycles. The predicted octanol–water partition coefficient (Wildman–Crippen LogP) is 5.93. The standard InChI is InChI=1S/C28H25N5O/c1-32-13-11-21-17-26-22(16-25(21)32)12-14-33(26)28(34)30-23-7-4-5-19(15-23)18-29-27-10-9-20-6-2-3-8-24(20)31-27/h2-11,13,15-17H,12,14,18H2,1H3,(H,29,31)(H,30,34). The monoisotopic (exact) mass is 447 g/mol. The van der Waals surface area contributed by atoms with Gasteiger partial charge in [0.15, 0.2) is 0 Å². The number of urea groups is 1. The van der Waals surface area contributed by atoms with E-state index in [1.54, 1.807) is 0 Å². The van der Waals surface area contributed by atoms with Gasteiger partial charge in [-0.05, 0) is 66.1 Å². The highest BCUT2D eigenvalue weighted by Crippen LogP contribution is 2.33. The van der Waals surface area contributed by atoms with Crippen LogP contribution in [0.4, 0.5) is 22.0 Å². The Bertz CT molecular complexity index is 1540. The van der Waals surface area contributed by atoms with Gasteiger partial charge >= 0.3 is 6.03 Å². The number of hydrogen-bond acceptors (Lipinski definition) is 3. The zero-order valence-electron chi connectivity index (χ0n) is 19.0. The lowest BCUT2D eigenvalue weighted by Crippen LogP contribution is -2.33. The van der Waals surface area contributed by atoms with Crippen molar-refractivity contribution in [1.82, 2.24) is 9.55 Å². The first kappa shape index (κ1) is 20.3. The molecule has 3 aromatic carbocycles. The Labute approximate surface area is 197 Å². The van der Waals surface area contributed by atoms with Crippen LogP contribution in [-0.2, 0) is 20.0 Å². The quantitative estimate of drug-likeness (QED) is 0.359. The lowest BCUT2D eigenvalue weighted by molar-refractivity contribution is 0.257. The number of fused-ring (bicyclic) bond motifs is 3. The molecule has 2 amide bonds. The SMILES string of the molecule is Cn1ccc2cc3c(cc21)CCN3C(=O)Nc1cccc(CNc2ccc3ccccc3n2)c1. The van der Waals surface area contributed by atoms with E-state index in [9.17, 15) is 4.79 Å². The summed E-state index contributed by atoms with van der Waals surface area (Å²) in [5.41, 5.74) is 6.22. The molecule has 2 N–H and O–H groups in total. The molecule has 0 saturated carbocycles. The number of para-hydroxylation sites is 1. The normalized spacial score (nSPS) is 12.8. The van der Waals surface area contributed by atoms with Gasteiger partial charge in [-0.3, -0.25) is 4.90 Å². The summed E-state index contributed by atoms with van der Waals surface area (Å²) in [5.74, 6) is 0.828. The van der Waals surface area contributed by atoms with Gasteiger partial charge in [0.2, 0.25) is 0 Å². The second kappa shape index (κ2) is 8.23. The maximum absolute atomic E-state index is 13.1. The minimum absolute atomic E-state index is 0.102. The van der Waals surface area contributed by atoms with E-state index >= 15 is 0 Å². The molecule has 3 heterocycles. The lowest BCUT2D eigenvalue weighted by Gasteiger charge is -2.19. The maximum atomic E-state index is 13.1. The summed E-state index contributed by atoms with van der Waals surface area (Å²) in [6.07, 6.45) is 2.92. The molecule has 2 aromatic heterocycles. The van der Waals surface area contributed by atoms with Crippen LogP contribution in [0.3, 0.4) is 0 Å². The molecular weight excluding hydrogens is 422 g/mol. The van der Waals surface area contributed by atoms with Crippen LogP contribution in [0.15, 0.2) is 85.1 Å². The van der Waals surface area contributed by atoms with Crippen molar-refractivity contribution >= 4 is 45.0 Å². The number of aryl methyl sites for hydroxylation is 1. The van der Waals surface area contributed by atoms with Gasteiger partial charge in [-0.2, -0.15) is 0 Å². The Hall–Kier alpha value is -4.32. The first-order valence-electron chi connectivity index (χ1n) is 11.5. The van der Waals surface area contributed by atoms with Crippen LogP contribution in [0.1, 0.15) is 11.1 Å². The van der Waals surface area contributed by atoms with E-state index in [1.807, 2.05) is 60.5 Å². The minimum atomic E-state index is -0.102. The molecule has 0 spiro atoms. The first-order chi connectivity index (χ1) is 16.6. The van der Waals surface area contributed by atoms with Crippen LogP contribution in [0.5, 0.6) is 0 Å². The largest absolute Gasteiger partial charge is 0.366 e. The van der Waals surface area contributed by atoms with Gasteiger partial charge in [0.05, 0.1) is 5.52 Å². The molecule has 0 radical (unpaired) electrons. The summed E-state index contributed by atoms with van der Waals surface area (Å²) in [6, 6.07) is 26.4. The van der Waals surface area contributed by atoms with Crippen molar-refractivity contribution in [3.05, 3.63) is 96.2 Å². The zero-order chi connectivity index (χ0) is 23.1. The van der Waals surface area contributed by atoms with Crippen LogP contribution in [-0.4, -0.2) is 22.1 Å². The van der Waals surface area contributed by atoms with Gasteiger partial charge in [0.1, 0.15) is 5.82 Å². The van der Waals surface area contributed by atoms with Crippen molar-refractivity contribution in [2.24, 2.45) is 7.05 Å². The Morgan fingerprint density at radius 2 is 1.88 bits per heavy atom. The number of rotatable bonds is 4. The molecule has 1 aliphatic heterocycles. The van der Waals surface area contributed by atoms with Crippen LogP contribution in [0, 0.1) is 0 Å². The van der Waals surface area contributed by atoms with Crippen LogP contribution >= 0.6 is 0 Å². The number of benzene rings is 3. The molecule has 6 nitrogen and oxygen atoms in total. The van der Waals surface area contributed by atoms with E-state index in [-0.39, 0.29) is 6.03 Å². The highest BCUT2D eigenvalue weighted by atomic mass is 16.2. The average Bonchev–Trinajstić information content (AvgIpc) is 3.44. The molecule has 0 atom stereocenters. The summed E-state index contributed by atoms with van der Waals surface area (Å²) in [5, 5.41) is 8.73. The van der Waals surface area contributed by atoms with Gasteiger partial charge in [0, 0.05) is 54.0 Å². The fraction of sp³-hybridized carbons (Fsp3) is 0.143. The molecule has 5 aromatic rings. The molecule has 168 valence electrons. The molecule has 1 aliphatic rings. The molecule has 34 heavy (non-hydrogen) atoms. The fourth-order valence-corrected chi connectivity index (χ4v) is 4.67. The molecule has 0 bridgehead atoms. The summed E-state index contributed by atoms with van der Waals surface area (Å²) in [4.78, 5) is 19.6. The van der Waals surface area contributed by atoms with E-state index in [0.717, 1.165) is 45.5 Å². The first-order valence-corrected chi connectivity index (χ1v) is 11.5. The van der Waals surface area contributed by atoms with E-state index < -0.39 is 0 Å². The van der Waals surface area contributed by atoms with Crippen molar-refractivity contribution in [2.75, 3.05) is 22.1 Å². The molecular formula is C28H25N5O. The van der Waals surface area contributed by atoms with Crippen molar-refractivity contribution in [2.45, 2.75) is 13.0 Å². The van der Waals surface area contributed by atoms with E-state index in [1.165, 1.54) is 11.1 Å². The number of anilines is 3. The van der Waals surface area contributed by atoms with Gasteiger partial charge < -0.3 is 15.2 Å². The van der Waals surface area contributed by atoms with Crippen LogP contribution in [0.25, 0.3) is 21.8 Å². The fourth-order valence-electron chi connectivity index (χ4n) is 4.67. The molecule has 6 rings (SSSR count). The molecule has 0 saturated heterocycles. The topological polar surface area (TPSA) is 62.2 Å². The second-order valence-corrected chi connectivity index (χ2v) is 8.74. The summed E-state index contributed by atoms with van der Waals surface area (Å²) in [7, 11) is 2.05. The number of aromatic nitrogens is 2. The van der Waals surface area contributed by atoms with Crippen molar-refractivity contribution in [3.63, 3.8) is 0 Å². The number of pyridine rings is 1. The molecule has 0 unspecified atom stereocenters. The zero-order valence-corrected chi connectivity index (χ0v) is 19.0. The van der Waals surface area contributed by atoms with Crippen molar-refractivity contribution < 1.29 is 4.79 Å². The highest BCUT2D eigenvalue weighted by molar-refractivity contribution is 6.04. The van der Waals surface area contributed by atoms with Crippen LogP contribution < -0.4 is 15.5 Å². The Kier molecular flexibility index (Phi) is 4.91. The van der Waals surface area contributed by atoms with E-state index in [4.69, 9.17) is 0 Å². The Morgan fingerprint density at radius 1 is 0.971 bits per heavy atom. The predicted molar refractivity (Wildman–Crippen MR) is 138 cm³/mol.